The second-order valence-electron chi connectivity index (χ2n) is 7.65. The first-order valence-corrected chi connectivity index (χ1v) is 10.1. The molecular weight excluding hydrogens is 372 g/mol. The molecular formula is C22H24N2O3S. The van der Waals surface area contributed by atoms with Crippen LogP contribution in [0.4, 0.5) is 0 Å². The van der Waals surface area contributed by atoms with Crippen molar-refractivity contribution >= 4 is 28.6 Å². The van der Waals surface area contributed by atoms with Crippen LogP contribution in [0.1, 0.15) is 31.9 Å². The number of aromatic nitrogens is 2. The molecule has 2 aromatic carbocycles. The molecule has 3 rings (SSSR count). The largest absolute Gasteiger partial charge is 0.459 e. The van der Waals surface area contributed by atoms with Crippen LogP contribution in [0.2, 0.25) is 0 Å². The third kappa shape index (κ3) is 4.28. The first-order valence-electron chi connectivity index (χ1n) is 9.10. The predicted molar refractivity (Wildman–Crippen MR) is 113 cm³/mol. The summed E-state index contributed by atoms with van der Waals surface area (Å²) in [6.45, 7) is 9.47. The van der Waals surface area contributed by atoms with Crippen molar-refractivity contribution in [2.45, 2.75) is 45.4 Å². The number of fused-ring (bicyclic) bond motifs is 1. The number of nitrogens with zero attached hydrogens (tertiary/aromatic N) is 2. The minimum absolute atomic E-state index is 0.0763. The Hall–Kier alpha value is -2.60. The van der Waals surface area contributed by atoms with E-state index in [1.54, 1.807) is 10.6 Å². The smallest absolute Gasteiger partial charge is 0.316 e. The van der Waals surface area contributed by atoms with Crippen LogP contribution in [0, 0.1) is 13.8 Å². The number of hydrogen-bond acceptors (Lipinski definition) is 5. The van der Waals surface area contributed by atoms with Gasteiger partial charge in [-0.25, -0.2) is 4.98 Å². The molecule has 0 radical (unpaired) electrons. The highest BCUT2D eigenvalue weighted by Gasteiger charge is 2.19. The van der Waals surface area contributed by atoms with E-state index in [1.807, 2.05) is 71.0 Å². The first kappa shape index (κ1) is 20.1. The minimum atomic E-state index is -0.554. The SMILES string of the molecule is Cc1cccc(-n2c(SCC(=O)OC(C)(C)C)nc3ccccc3c2=O)c1C. The van der Waals surface area contributed by atoms with Crippen LogP contribution in [-0.4, -0.2) is 26.9 Å². The van der Waals surface area contributed by atoms with E-state index in [9.17, 15) is 9.59 Å². The molecule has 0 fully saturated rings. The molecule has 1 aromatic heterocycles. The third-order valence-corrected chi connectivity index (χ3v) is 5.21. The Morgan fingerprint density at radius 1 is 1.11 bits per heavy atom. The Morgan fingerprint density at radius 3 is 2.54 bits per heavy atom. The molecule has 3 aromatic rings. The van der Waals surface area contributed by atoms with Crippen LogP contribution in [0.3, 0.4) is 0 Å². The fraction of sp³-hybridized carbons (Fsp3) is 0.318. The Labute approximate surface area is 168 Å². The molecule has 0 aliphatic carbocycles. The molecule has 0 aliphatic heterocycles. The van der Waals surface area contributed by atoms with Gasteiger partial charge in [-0.15, -0.1) is 0 Å². The molecule has 146 valence electrons. The van der Waals surface area contributed by atoms with Crippen LogP contribution in [-0.2, 0) is 9.53 Å². The molecule has 5 nitrogen and oxygen atoms in total. The monoisotopic (exact) mass is 396 g/mol. The Bertz CT molecular complexity index is 1100. The topological polar surface area (TPSA) is 61.2 Å². The summed E-state index contributed by atoms with van der Waals surface area (Å²) >= 11 is 1.21. The van der Waals surface area contributed by atoms with Crippen molar-refractivity contribution in [3.63, 3.8) is 0 Å². The van der Waals surface area contributed by atoms with E-state index in [4.69, 9.17) is 4.74 Å². The van der Waals surface area contributed by atoms with Crippen molar-refractivity contribution in [1.82, 2.24) is 9.55 Å². The molecule has 0 bridgehead atoms. The predicted octanol–water partition coefficient (Wildman–Crippen LogP) is 4.44. The van der Waals surface area contributed by atoms with Gasteiger partial charge >= 0.3 is 5.97 Å². The van der Waals surface area contributed by atoms with E-state index in [-0.39, 0.29) is 17.3 Å². The summed E-state index contributed by atoms with van der Waals surface area (Å²) < 4.78 is 6.99. The molecule has 0 atom stereocenters. The molecule has 28 heavy (non-hydrogen) atoms. The van der Waals surface area contributed by atoms with Crippen molar-refractivity contribution in [1.29, 1.82) is 0 Å². The molecule has 0 saturated heterocycles. The van der Waals surface area contributed by atoms with Crippen LogP contribution >= 0.6 is 11.8 Å². The lowest BCUT2D eigenvalue weighted by Gasteiger charge is -2.20. The van der Waals surface area contributed by atoms with Crippen LogP contribution in [0.15, 0.2) is 52.4 Å². The van der Waals surface area contributed by atoms with Crippen LogP contribution in [0.25, 0.3) is 16.6 Å². The van der Waals surface area contributed by atoms with Crippen molar-refractivity contribution in [2.24, 2.45) is 0 Å². The van der Waals surface area contributed by atoms with Gasteiger partial charge in [-0.3, -0.25) is 14.2 Å². The number of carbonyl (C=O) groups is 1. The van der Waals surface area contributed by atoms with Gasteiger partial charge < -0.3 is 4.74 Å². The Kier molecular flexibility index (Phi) is 5.61. The summed E-state index contributed by atoms with van der Waals surface area (Å²) in [5.41, 5.74) is 2.77. The molecule has 0 unspecified atom stereocenters. The molecule has 0 N–H and O–H groups in total. The molecule has 0 amide bonds. The van der Waals surface area contributed by atoms with Gasteiger partial charge in [-0.2, -0.15) is 0 Å². The summed E-state index contributed by atoms with van der Waals surface area (Å²) in [4.78, 5) is 30.1. The van der Waals surface area contributed by atoms with Crippen LogP contribution < -0.4 is 5.56 Å². The molecule has 6 heteroatoms. The second kappa shape index (κ2) is 7.80. The van der Waals surface area contributed by atoms with E-state index in [0.29, 0.717) is 16.1 Å². The fourth-order valence-electron chi connectivity index (χ4n) is 2.89. The summed E-state index contributed by atoms with van der Waals surface area (Å²) in [6.07, 6.45) is 0. The van der Waals surface area contributed by atoms with Gasteiger partial charge in [-0.1, -0.05) is 36.0 Å². The van der Waals surface area contributed by atoms with Gasteiger partial charge in [0.05, 0.1) is 22.3 Å². The molecule has 0 aliphatic rings. The lowest BCUT2D eigenvalue weighted by atomic mass is 10.1. The van der Waals surface area contributed by atoms with E-state index in [0.717, 1.165) is 16.8 Å². The summed E-state index contributed by atoms with van der Waals surface area (Å²) in [5.74, 6) is -0.264. The maximum atomic E-state index is 13.3. The summed E-state index contributed by atoms with van der Waals surface area (Å²) in [6, 6.07) is 13.1. The van der Waals surface area contributed by atoms with Gasteiger partial charge in [0, 0.05) is 0 Å². The molecule has 1 heterocycles. The number of para-hydroxylation sites is 1. The fourth-order valence-corrected chi connectivity index (χ4v) is 3.67. The highest BCUT2D eigenvalue weighted by molar-refractivity contribution is 7.99. The Balaban J connectivity index is 2.11. The quantitative estimate of drug-likeness (QED) is 0.371. The zero-order valence-electron chi connectivity index (χ0n) is 16.8. The zero-order valence-corrected chi connectivity index (χ0v) is 17.6. The maximum Gasteiger partial charge on any atom is 0.316 e. The maximum absolute atomic E-state index is 13.3. The van der Waals surface area contributed by atoms with Gasteiger partial charge in [-0.05, 0) is 63.9 Å². The summed E-state index contributed by atoms with van der Waals surface area (Å²) in [7, 11) is 0. The highest BCUT2D eigenvalue weighted by Crippen LogP contribution is 2.25. The molecule has 0 saturated carbocycles. The van der Waals surface area contributed by atoms with Gasteiger partial charge in [0.25, 0.3) is 5.56 Å². The lowest BCUT2D eigenvalue weighted by Crippen LogP contribution is -2.26. The highest BCUT2D eigenvalue weighted by atomic mass is 32.2. The van der Waals surface area contributed by atoms with Crippen molar-refractivity contribution in [2.75, 3.05) is 5.75 Å². The Morgan fingerprint density at radius 2 is 1.82 bits per heavy atom. The third-order valence-electron chi connectivity index (χ3n) is 4.30. The number of esters is 1. The van der Waals surface area contributed by atoms with Crippen molar-refractivity contribution < 1.29 is 9.53 Å². The normalized spacial score (nSPS) is 11.6. The average molecular weight is 397 g/mol. The summed E-state index contributed by atoms with van der Waals surface area (Å²) in [5, 5.41) is 1.02. The van der Waals surface area contributed by atoms with Crippen molar-refractivity contribution in [3.8, 4) is 5.69 Å². The number of carbonyl (C=O) groups excluding carboxylic acids is 1. The average Bonchev–Trinajstić information content (AvgIpc) is 2.62. The first-order chi connectivity index (χ1) is 13.2. The van der Waals surface area contributed by atoms with Gasteiger partial charge in [0.15, 0.2) is 5.16 Å². The number of rotatable bonds is 4. The van der Waals surface area contributed by atoms with E-state index in [1.165, 1.54) is 11.8 Å². The number of benzene rings is 2. The van der Waals surface area contributed by atoms with E-state index < -0.39 is 5.60 Å². The zero-order chi connectivity index (χ0) is 20.5. The van der Waals surface area contributed by atoms with Gasteiger partial charge in [0.2, 0.25) is 0 Å². The van der Waals surface area contributed by atoms with Gasteiger partial charge in [0.1, 0.15) is 5.60 Å². The molecule has 0 spiro atoms. The van der Waals surface area contributed by atoms with Crippen molar-refractivity contribution in [3.05, 3.63) is 63.9 Å². The van der Waals surface area contributed by atoms with Crippen LogP contribution in [0.5, 0.6) is 0 Å². The lowest BCUT2D eigenvalue weighted by molar-refractivity contribution is -0.151. The van der Waals surface area contributed by atoms with E-state index in [2.05, 4.69) is 4.98 Å². The second-order valence-corrected chi connectivity index (χ2v) is 8.59. The minimum Gasteiger partial charge on any atom is -0.459 e. The number of hydrogen-bond donors (Lipinski definition) is 0. The van der Waals surface area contributed by atoms with E-state index >= 15 is 0 Å². The number of ether oxygens (including phenoxy) is 1. The number of thioether (sulfide) groups is 1. The standard InChI is InChI=1S/C22H24N2O3S/c1-14-9-8-12-18(15(14)2)24-20(26)16-10-6-7-11-17(16)23-21(24)28-13-19(25)27-22(3,4)5/h6-12H,13H2,1-5H3. The number of aryl methyl sites for hydroxylation is 1.